The molecule has 5 nitrogen and oxygen atoms in total. The largest absolute Gasteiger partial charge is 0.490 e. The molecule has 0 spiro atoms. The molecule has 0 heterocycles. The second kappa shape index (κ2) is 8.90. The van der Waals surface area contributed by atoms with Crippen LogP contribution in [0.5, 0.6) is 5.75 Å². The molecule has 0 fully saturated rings. The van der Waals surface area contributed by atoms with Crippen LogP contribution in [-0.4, -0.2) is 31.5 Å². The molecular formula is C14H19FN2O3. The zero-order valence-corrected chi connectivity index (χ0v) is 11.4. The average Bonchev–Trinajstić information content (AvgIpc) is 2.40. The highest BCUT2D eigenvalue weighted by Gasteiger charge is 2.04. The fraction of sp³-hybridized carbons (Fsp3) is 0.429. The van der Waals surface area contributed by atoms with Gasteiger partial charge in [-0.15, -0.1) is 0 Å². The summed E-state index contributed by atoms with van der Waals surface area (Å²) < 4.78 is 18.4. The van der Waals surface area contributed by atoms with E-state index in [9.17, 15) is 14.0 Å². The molecule has 0 aliphatic carbocycles. The van der Waals surface area contributed by atoms with E-state index >= 15 is 0 Å². The maximum atomic E-state index is 13.2. The number of amides is 2. The SMILES string of the molecule is CC(=O)NCCCNC(=O)CCOc1ccccc1F. The van der Waals surface area contributed by atoms with E-state index in [4.69, 9.17) is 4.74 Å². The summed E-state index contributed by atoms with van der Waals surface area (Å²) in [6.07, 6.45) is 0.827. The van der Waals surface area contributed by atoms with E-state index in [1.165, 1.54) is 19.1 Å². The summed E-state index contributed by atoms with van der Waals surface area (Å²) in [5, 5.41) is 5.33. The molecule has 2 amide bonds. The number of benzene rings is 1. The van der Waals surface area contributed by atoms with Crippen LogP contribution in [0.4, 0.5) is 4.39 Å². The van der Waals surface area contributed by atoms with Crippen molar-refractivity contribution in [3.8, 4) is 5.75 Å². The molecule has 0 saturated carbocycles. The molecule has 1 aromatic carbocycles. The van der Waals surface area contributed by atoms with Gasteiger partial charge < -0.3 is 15.4 Å². The van der Waals surface area contributed by atoms with Crippen molar-refractivity contribution in [2.75, 3.05) is 19.7 Å². The van der Waals surface area contributed by atoms with Crippen LogP contribution in [-0.2, 0) is 9.59 Å². The van der Waals surface area contributed by atoms with E-state index in [2.05, 4.69) is 10.6 Å². The lowest BCUT2D eigenvalue weighted by Gasteiger charge is -2.08. The minimum absolute atomic E-state index is 0.0883. The lowest BCUT2D eigenvalue weighted by atomic mass is 10.3. The molecular weight excluding hydrogens is 263 g/mol. The summed E-state index contributed by atoms with van der Waals surface area (Å²) in [7, 11) is 0. The molecule has 0 radical (unpaired) electrons. The quantitative estimate of drug-likeness (QED) is 0.705. The minimum Gasteiger partial charge on any atom is -0.490 e. The van der Waals surface area contributed by atoms with E-state index in [0.29, 0.717) is 19.5 Å². The fourth-order valence-corrected chi connectivity index (χ4v) is 1.48. The highest BCUT2D eigenvalue weighted by Crippen LogP contribution is 2.15. The maximum Gasteiger partial charge on any atom is 0.223 e. The third-order valence-corrected chi connectivity index (χ3v) is 2.47. The first-order valence-corrected chi connectivity index (χ1v) is 6.48. The van der Waals surface area contributed by atoms with Crippen molar-refractivity contribution in [3.63, 3.8) is 0 Å². The van der Waals surface area contributed by atoms with E-state index in [0.717, 1.165) is 0 Å². The number of ether oxygens (including phenoxy) is 1. The van der Waals surface area contributed by atoms with Crippen molar-refractivity contribution in [1.82, 2.24) is 10.6 Å². The average molecular weight is 282 g/mol. The Hall–Kier alpha value is -2.11. The van der Waals surface area contributed by atoms with Gasteiger partial charge >= 0.3 is 0 Å². The standard InChI is InChI=1S/C14H19FN2O3/c1-11(18)16-8-4-9-17-14(19)7-10-20-13-6-3-2-5-12(13)15/h2-3,5-6H,4,7-10H2,1H3,(H,16,18)(H,17,19). The van der Waals surface area contributed by atoms with E-state index in [1.807, 2.05) is 0 Å². The van der Waals surface area contributed by atoms with Gasteiger partial charge in [0, 0.05) is 20.0 Å². The monoisotopic (exact) mass is 282 g/mol. The first-order chi connectivity index (χ1) is 9.59. The van der Waals surface area contributed by atoms with Gasteiger partial charge in [0.15, 0.2) is 11.6 Å². The minimum atomic E-state index is -0.441. The van der Waals surface area contributed by atoms with Crippen molar-refractivity contribution in [3.05, 3.63) is 30.1 Å². The van der Waals surface area contributed by atoms with Crippen LogP contribution in [0.15, 0.2) is 24.3 Å². The van der Waals surface area contributed by atoms with Crippen molar-refractivity contribution in [2.24, 2.45) is 0 Å². The van der Waals surface area contributed by atoms with Gasteiger partial charge in [0.05, 0.1) is 13.0 Å². The molecule has 0 atom stereocenters. The Balaban J connectivity index is 2.09. The van der Waals surface area contributed by atoms with Crippen LogP contribution in [0, 0.1) is 5.82 Å². The summed E-state index contributed by atoms with van der Waals surface area (Å²) >= 11 is 0. The van der Waals surface area contributed by atoms with E-state index in [-0.39, 0.29) is 30.6 Å². The predicted molar refractivity (Wildman–Crippen MR) is 72.8 cm³/mol. The van der Waals surface area contributed by atoms with E-state index in [1.54, 1.807) is 12.1 Å². The Labute approximate surface area is 117 Å². The molecule has 0 aromatic heterocycles. The van der Waals surface area contributed by atoms with Crippen LogP contribution in [0.1, 0.15) is 19.8 Å². The number of nitrogens with one attached hydrogen (secondary N) is 2. The summed E-state index contributed by atoms with van der Waals surface area (Å²) in [6.45, 7) is 2.58. The lowest BCUT2D eigenvalue weighted by Crippen LogP contribution is -2.29. The normalized spacial score (nSPS) is 9.90. The summed E-state index contributed by atoms with van der Waals surface area (Å²) in [5.74, 6) is -0.548. The Bertz CT molecular complexity index is 452. The number of hydrogen-bond acceptors (Lipinski definition) is 3. The summed E-state index contributed by atoms with van der Waals surface area (Å²) in [6, 6.07) is 6.06. The number of carbonyl (C=O) groups excluding carboxylic acids is 2. The Morgan fingerprint density at radius 1 is 1.20 bits per heavy atom. The summed E-state index contributed by atoms with van der Waals surface area (Å²) in [4.78, 5) is 22.0. The van der Waals surface area contributed by atoms with Crippen LogP contribution in [0.3, 0.4) is 0 Å². The van der Waals surface area contributed by atoms with Crippen LogP contribution < -0.4 is 15.4 Å². The molecule has 0 aliphatic heterocycles. The molecule has 0 saturated heterocycles. The van der Waals surface area contributed by atoms with Crippen molar-refractivity contribution in [1.29, 1.82) is 0 Å². The zero-order valence-electron chi connectivity index (χ0n) is 11.4. The van der Waals surface area contributed by atoms with Gasteiger partial charge in [-0.05, 0) is 18.6 Å². The predicted octanol–water partition coefficient (Wildman–Crippen LogP) is 1.24. The van der Waals surface area contributed by atoms with Gasteiger partial charge in [0.2, 0.25) is 11.8 Å². The molecule has 0 aliphatic rings. The van der Waals surface area contributed by atoms with Gasteiger partial charge in [-0.3, -0.25) is 9.59 Å². The highest BCUT2D eigenvalue weighted by molar-refractivity contribution is 5.76. The second-order valence-corrected chi connectivity index (χ2v) is 4.22. The number of para-hydroxylation sites is 1. The van der Waals surface area contributed by atoms with Crippen LogP contribution in [0.2, 0.25) is 0 Å². The number of halogens is 1. The lowest BCUT2D eigenvalue weighted by molar-refractivity contribution is -0.121. The first kappa shape index (κ1) is 15.9. The van der Waals surface area contributed by atoms with Gasteiger partial charge in [-0.25, -0.2) is 4.39 Å². The molecule has 2 N–H and O–H groups in total. The van der Waals surface area contributed by atoms with Crippen LogP contribution in [0.25, 0.3) is 0 Å². The van der Waals surface area contributed by atoms with Gasteiger partial charge in [0.1, 0.15) is 0 Å². The van der Waals surface area contributed by atoms with Gasteiger partial charge in [-0.1, -0.05) is 12.1 Å². The topological polar surface area (TPSA) is 67.4 Å². The Morgan fingerprint density at radius 3 is 2.60 bits per heavy atom. The molecule has 1 aromatic rings. The summed E-state index contributed by atoms with van der Waals surface area (Å²) in [5.41, 5.74) is 0. The molecule has 6 heteroatoms. The third kappa shape index (κ3) is 6.72. The van der Waals surface area contributed by atoms with Crippen LogP contribution >= 0.6 is 0 Å². The molecule has 1 rings (SSSR count). The third-order valence-electron chi connectivity index (χ3n) is 2.47. The molecule has 20 heavy (non-hydrogen) atoms. The molecule has 0 unspecified atom stereocenters. The van der Waals surface area contributed by atoms with Crippen molar-refractivity contribution in [2.45, 2.75) is 19.8 Å². The first-order valence-electron chi connectivity index (χ1n) is 6.48. The van der Waals surface area contributed by atoms with Gasteiger partial charge in [-0.2, -0.15) is 0 Å². The number of rotatable bonds is 8. The van der Waals surface area contributed by atoms with Crippen molar-refractivity contribution >= 4 is 11.8 Å². The zero-order chi connectivity index (χ0) is 14.8. The Kier molecular flexibility index (Phi) is 7.10. The number of carbonyl (C=O) groups is 2. The highest BCUT2D eigenvalue weighted by atomic mass is 19.1. The van der Waals surface area contributed by atoms with Crippen molar-refractivity contribution < 1.29 is 18.7 Å². The smallest absolute Gasteiger partial charge is 0.223 e. The van der Waals surface area contributed by atoms with Gasteiger partial charge in [0.25, 0.3) is 0 Å². The Morgan fingerprint density at radius 2 is 1.90 bits per heavy atom. The number of hydrogen-bond donors (Lipinski definition) is 2. The second-order valence-electron chi connectivity index (χ2n) is 4.22. The fourth-order valence-electron chi connectivity index (χ4n) is 1.48. The molecule has 110 valence electrons. The van der Waals surface area contributed by atoms with E-state index < -0.39 is 5.82 Å². The molecule has 0 bridgehead atoms. The maximum absolute atomic E-state index is 13.2.